The number of aliphatic carboxylic acids is 1. The number of ether oxygens (including phenoxy) is 4. The Morgan fingerprint density at radius 3 is 2.38 bits per heavy atom. The molecule has 3 rings (SSSR count). The maximum Gasteiger partial charge on any atom is 0.415 e. The second-order valence-corrected chi connectivity index (χ2v) is 12.2. The third kappa shape index (κ3) is 7.95. The van der Waals surface area contributed by atoms with E-state index in [1.165, 1.54) is 0 Å². The standard InChI is InChI=1S/C31H43NO8/c1-18-13-14-19(2)27-24(38-31(8,9)39-27)12-10-11-22-16-23(15-20(3)26(22)28(35)37-21(18)4)32(17-25(33)34)29(36)40-30(5,6)7/h10-11,13-16,18-19,21,24,27H,12,17H2,1-9H3,(H,33,34)/b11-10+,14-13-/t18-,19-,21+,24+,27-/m1/s1. The number of carboxylic acids is 1. The van der Waals surface area contributed by atoms with Crippen molar-refractivity contribution in [3.8, 4) is 0 Å². The Hall–Kier alpha value is -3.17. The SMILES string of the molecule is Cc1cc(N(CC(=O)O)C(=O)OC(C)(C)C)cc2c1C(=O)O[C@@H](C)[C@H](C)/C=C\[C@@H](C)[C@H]1OC(C)(C)O[C@H]1C/C=C/2. The summed E-state index contributed by atoms with van der Waals surface area (Å²) in [5.74, 6) is -2.42. The molecule has 1 fully saturated rings. The molecule has 9 nitrogen and oxygen atoms in total. The number of esters is 1. The molecule has 0 spiro atoms. The van der Waals surface area contributed by atoms with Crippen LogP contribution in [0, 0.1) is 18.8 Å². The first kappa shape index (κ1) is 31.4. The molecule has 1 aromatic rings. The first-order chi connectivity index (χ1) is 18.5. The Morgan fingerprint density at radius 1 is 1.10 bits per heavy atom. The number of hydrogen-bond donors (Lipinski definition) is 1. The summed E-state index contributed by atoms with van der Waals surface area (Å²) in [5.41, 5.74) is 0.843. The van der Waals surface area contributed by atoms with Gasteiger partial charge in [-0.1, -0.05) is 38.2 Å². The van der Waals surface area contributed by atoms with E-state index < -0.39 is 42.1 Å². The number of aryl methyl sites for hydroxylation is 1. The smallest absolute Gasteiger partial charge is 0.415 e. The van der Waals surface area contributed by atoms with Crippen LogP contribution in [0.2, 0.25) is 0 Å². The van der Waals surface area contributed by atoms with Gasteiger partial charge in [0, 0.05) is 17.5 Å². The van der Waals surface area contributed by atoms with E-state index in [4.69, 9.17) is 18.9 Å². The van der Waals surface area contributed by atoms with Gasteiger partial charge in [-0.3, -0.25) is 9.69 Å². The van der Waals surface area contributed by atoms with Crippen molar-refractivity contribution in [2.24, 2.45) is 11.8 Å². The zero-order valence-corrected chi connectivity index (χ0v) is 25.0. The lowest BCUT2D eigenvalue weighted by Gasteiger charge is -2.27. The van der Waals surface area contributed by atoms with Crippen molar-refractivity contribution < 1.29 is 38.4 Å². The van der Waals surface area contributed by atoms with Crippen molar-refractivity contribution >= 4 is 29.8 Å². The summed E-state index contributed by atoms with van der Waals surface area (Å²) in [5, 5.41) is 9.54. The molecule has 1 amide bonds. The molecule has 0 radical (unpaired) electrons. The van der Waals surface area contributed by atoms with Gasteiger partial charge in [-0.25, -0.2) is 9.59 Å². The molecule has 2 heterocycles. The van der Waals surface area contributed by atoms with Gasteiger partial charge in [0.2, 0.25) is 0 Å². The zero-order valence-electron chi connectivity index (χ0n) is 25.0. The molecule has 1 saturated heterocycles. The van der Waals surface area contributed by atoms with Crippen LogP contribution in [-0.2, 0) is 23.7 Å². The third-order valence-corrected chi connectivity index (χ3v) is 6.93. The van der Waals surface area contributed by atoms with Crippen LogP contribution in [0.3, 0.4) is 0 Å². The Labute approximate surface area is 237 Å². The summed E-state index contributed by atoms with van der Waals surface area (Å²) in [4.78, 5) is 39.2. The van der Waals surface area contributed by atoms with Crippen molar-refractivity contribution in [2.75, 3.05) is 11.4 Å². The Kier molecular flexibility index (Phi) is 9.52. The predicted molar refractivity (Wildman–Crippen MR) is 152 cm³/mol. The first-order valence-corrected chi connectivity index (χ1v) is 13.8. The fraction of sp³-hybridized carbons (Fsp3) is 0.581. The molecule has 0 saturated carbocycles. The van der Waals surface area contributed by atoms with Crippen molar-refractivity contribution in [3.63, 3.8) is 0 Å². The fourth-order valence-corrected chi connectivity index (χ4v) is 4.85. The van der Waals surface area contributed by atoms with Gasteiger partial charge in [0.15, 0.2) is 5.79 Å². The molecular formula is C31H43NO8. The van der Waals surface area contributed by atoms with E-state index >= 15 is 0 Å². The second kappa shape index (κ2) is 12.1. The quantitative estimate of drug-likeness (QED) is 0.349. The second-order valence-electron chi connectivity index (χ2n) is 12.2. The minimum atomic E-state index is -1.20. The van der Waals surface area contributed by atoms with Gasteiger partial charge in [0.1, 0.15) is 18.2 Å². The number of nitrogens with zero attached hydrogens (tertiary/aromatic N) is 1. The van der Waals surface area contributed by atoms with Gasteiger partial charge in [-0.2, -0.15) is 0 Å². The Balaban J connectivity index is 2.10. The maximum absolute atomic E-state index is 13.4. The Bertz CT molecular complexity index is 1180. The number of fused-ring (bicyclic) bond motifs is 2. The summed E-state index contributed by atoms with van der Waals surface area (Å²) in [7, 11) is 0. The highest BCUT2D eigenvalue weighted by atomic mass is 16.8. The van der Waals surface area contributed by atoms with Crippen LogP contribution >= 0.6 is 0 Å². The van der Waals surface area contributed by atoms with Crippen molar-refractivity contribution in [3.05, 3.63) is 47.1 Å². The van der Waals surface area contributed by atoms with Crippen LogP contribution in [0.4, 0.5) is 10.5 Å². The lowest BCUT2D eigenvalue weighted by molar-refractivity contribution is -0.148. The number of anilines is 1. The van der Waals surface area contributed by atoms with Crippen molar-refractivity contribution in [1.82, 2.24) is 0 Å². The van der Waals surface area contributed by atoms with Crippen molar-refractivity contribution in [1.29, 1.82) is 0 Å². The number of carbonyl (C=O) groups excluding carboxylic acids is 2. The van der Waals surface area contributed by atoms with Gasteiger partial charge in [0.25, 0.3) is 0 Å². The summed E-state index contributed by atoms with van der Waals surface area (Å²) in [6.45, 7) is 15.9. The minimum absolute atomic E-state index is 0.0556. The summed E-state index contributed by atoms with van der Waals surface area (Å²) in [6, 6.07) is 3.22. The normalized spacial score (nSPS) is 28.3. The number of carboxylic acid groups (broad SMARTS) is 1. The van der Waals surface area contributed by atoms with Crippen LogP contribution in [0.1, 0.15) is 83.3 Å². The molecule has 1 N–H and O–H groups in total. The van der Waals surface area contributed by atoms with E-state index in [-0.39, 0.29) is 24.0 Å². The molecular weight excluding hydrogens is 514 g/mol. The molecule has 9 heteroatoms. The number of carbonyl (C=O) groups is 3. The highest BCUT2D eigenvalue weighted by Crippen LogP contribution is 2.35. The average molecular weight is 558 g/mol. The highest BCUT2D eigenvalue weighted by molar-refractivity contribution is 5.99. The summed E-state index contributed by atoms with van der Waals surface area (Å²) >= 11 is 0. The molecule has 2 aliphatic rings. The van der Waals surface area contributed by atoms with E-state index in [1.54, 1.807) is 45.9 Å². The molecule has 0 unspecified atom stereocenters. The largest absolute Gasteiger partial charge is 0.480 e. The highest BCUT2D eigenvalue weighted by Gasteiger charge is 2.42. The van der Waals surface area contributed by atoms with Gasteiger partial charge >= 0.3 is 18.0 Å². The minimum Gasteiger partial charge on any atom is -0.480 e. The van der Waals surface area contributed by atoms with Gasteiger partial charge in [-0.15, -0.1) is 0 Å². The van der Waals surface area contributed by atoms with E-state index in [9.17, 15) is 19.5 Å². The molecule has 40 heavy (non-hydrogen) atoms. The maximum atomic E-state index is 13.4. The Morgan fingerprint density at radius 2 is 1.75 bits per heavy atom. The van der Waals surface area contributed by atoms with Gasteiger partial charge < -0.3 is 24.1 Å². The number of rotatable bonds is 3. The topological polar surface area (TPSA) is 112 Å². The summed E-state index contributed by atoms with van der Waals surface area (Å²) in [6.07, 6.45) is 6.74. The predicted octanol–water partition coefficient (Wildman–Crippen LogP) is 6.13. The van der Waals surface area contributed by atoms with Gasteiger partial charge in [-0.05, 0) is 78.1 Å². The van der Waals surface area contributed by atoms with Gasteiger partial charge in [0.05, 0.1) is 17.8 Å². The van der Waals surface area contributed by atoms with E-state index in [0.29, 0.717) is 28.8 Å². The van der Waals surface area contributed by atoms with E-state index in [0.717, 1.165) is 4.90 Å². The molecule has 1 aromatic carbocycles. The van der Waals surface area contributed by atoms with Crippen molar-refractivity contribution in [2.45, 2.75) is 98.4 Å². The first-order valence-electron chi connectivity index (χ1n) is 13.8. The fourth-order valence-electron chi connectivity index (χ4n) is 4.85. The van der Waals surface area contributed by atoms with E-state index in [2.05, 4.69) is 13.0 Å². The average Bonchev–Trinajstić information content (AvgIpc) is 3.12. The van der Waals surface area contributed by atoms with E-state index in [1.807, 2.05) is 39.8 Å². The number of amides is 1. The monoisotopic (exact) mass is 557 g/mol. The molecule has 0 aliphatic carbocycles. The lowest BCUT2D eigenvalue weighted by Crippen LogP contribution is -2.40. The molecule has 0 bridgehead atoms. The van der Waals surface area contributed by atoms with Crippen LogP contribution in [0.25, 0.3) is 6.08 Å². The molecule has 0 aromatic heterocycles. The van der Waals surface area contributed by atoms with Crippen LogP contribution in [0.15, 0.2) is 30.4 Å². The molecule has 220 valence electrons. The van der Waals surface area contributed by atoms with Crippen LogP contribution in [0.5, 0.6) is 0 Å². The number of benzene rings is 1. The molecule has 5 atom stereocenters. The van der Waals surface area contributed by atoms with Crippen LogP contribution < -0.4 is 4.90 Å². The third-order valence-electron chi connectivity index (χ3n) is 6.93. The molecule has 2 aliphatic heterocycles. The lowest BCUT2D eigenvalue weighted by atomic mass is 9.93. The van der Waals surface area contributed by atoms with Crippen LogP contribution in [-0.4, -0.2) is 59.4 Å². The number of hydrogen-bond acceptors (Lipinski definition) is 7. The zero-order chi connectivity index (χ0) is 30.0. The number of cyclic esters (lactones) is 1. The summed E-state index contributed by atoms with van der Waals surface area (Å²) < 4.78 is 23.8.